The second-order valence-corrected chi connectivity index (χ2v) is 4.16. The van der Waals surface area contributed by atoms with Crippen molar-refractivity contribution in [2.24, 2.45) is 11.8 Å². The van der Waals surface area contributed by atoms with Crippen LogP contribution in [0.4, 0.5) is 11.9 Å². The van der Waals surface area contributed by atoms with Gasteiger partial charge in [0.2, 0.25) is 11.9 Å². The second-order valence-electron chi connectivity index (χ2n) is 4.16. The summed E-state index contributed by atoms with van der Waals surface area (Å²) in [6.45, 7) is 6.54. The van der Waals surface area contributed by atoms with Crippen molar-refractivity contribution in [3.63, 3.8) is 0 Å². The molecule has 0 spiro atoms. The fraction of sp³-hybridized carbons (Fsp3) is 0.700. The first kappa shape index (κ1) is 11.8. The minimum Gasteiger partial charge on any atom is -0.464 e. The topological polar surface area (TPSA) is 89.2 Å². The maximum atomic E-state index is 5.33. The summed E-state index contributed by atoms with van der Waals surface area (Å²) in [5, 5.41) is 0. The Morgan fingerprint density at radius 2 is 2.29 bits per heavy atom. The third-order valence-corrected chi connectivity index (χ3v) is 2.71. The molecule has 0 aromatic carbocycles. The van der Waals surface area contributed by atoms with E-state index < -0.39 is 0 Å². The smallest absolute Gasteiger partial charge is 0.323 e. The fourth-order valence-corrected chi connectivity index (χ4v) is 1.86. The van der Waals surface area contributed by atoms with Crippen LogP contribution in [0.15, 0.2) is 0 Å². The largest absolute Gasteiger partial charge is 0.464 e. The van der Waals surface area contributed by atoms with Crippen LogP contribution in [0, 0.1) is 5.92 Å². The Morgan fingerprint density at radius 1 is 1.47 bits per heavy atom. The molecule has 17 heavy (non-hydrogen) atoms. The van der Waals surface area contributed by atoms with Crippen LogP contribution in [0.1, 0.15) is 20.3 Å². The summed E-state index contributed by atoms with van der Waals surface area (Å²) >= 11 is 0. The number of nitrogens with two attached hydrogens (primary N) is 1. The molecule has 0 saturated carbocycles. The van der Waals surface area contributed by atoms with E-state index in [-0.39, 0.29) is 0 Å². The number of ether oxygens (including phenoxy) is 1. The second kappa shape index (κ2) is 5.13. The molecule has 7 nitrogen and oxygen atoms in total. The van der Waals surface area contributed by atoms with Gasteiger partial charge >= 0.3 is 6.01 Å². The standard InChI is InChI=1S/C10H18N6O/c1-3-17-10-13-8(15-11)12-9(14-10)16-5-4-7(2)6-16/h7H,3-6,11H2,1-2H3,(H,12,13,14,15). The van der Waals surface area contributed by atoms with E-state index in [4.69, 9.17) is 10.6 Å². The number of hydrogen-bond acceptors (Lipinski definition) is 7. The highest BCUT2D eigenvalue weighted by molar-refractivity contribution is 5.38. The molecule has 1 aliphatic heterocycles. The van der Waals surface area contributed by atoms with Crippen LogP contribution in [0.3, 0.4) is 0 Å². The highest BCUT2D eigenvalue weighted by atomic mass is 16.5. The predicted molar refractivity (Wildman–Crippen MR) is 64.8 cm³/mol. The molecule has 94 valence electrons. The van der Waals surface area contributed by atoms with Crippen molar-refractivity contribution in [1.82, 2.24) is 15.0 Å². The Kier molecular flexibility index (Phi) is 3.58. The summed E-state index contributed by atoms with van der Waals surface area (Å²) in [4.78, 5) is 14.7. The first-order chi connectivity index (χ1) is 8.22. The van der Waals surface area contributed by atoms with Crippen LogP contribution in [-0.2, 0) is 0 Å². The van der Waals surface area contributed by atoms with Crippen LogP contribution >= 0.6 is 0 Å². The van der Waals surface area contributed by atoms with Gasteiger partial charge in [0.25, 0.3) is 0 Å². The van der Waals surface area contributed by atoms with Crippen LogP contribution in [0.25, 0.3) is 0 Å². The minimum absolute atomic E-state index is 0.310. The van der Waals surface area contributed by atoms with E-state index in [1.165, 1.54) is 0 Å². The molecule has 2 heterocycles. The van der Waals surface area contributed by atoms with Gasteiger partial charge in [-0.15, -0.1) is 0 Å². The number of nitrogens with one attached hydrogen (secondary N) is 1. The molecule has 1 aromatic heterocycles. The zero-order valence-corrected chi connectivity index (χ0v) is 10.2. The quantitative estimate of drug-likeness (QED) is 0.579. The lowest BCUT2D eigenvalue weighted by Gasteiger charge is -2.16. The highest BCUT2D eigenvalue weighted by Crippen LogP contribution is 2.22. The molecule has 1 aliphatic rings. The van der Waals surface area contributed by atoms with Gasteiger partial charge in [-0.25, -0.2) is 5.84 Å². The van der Waals surface area contributed by atoms with E-state index >= 15 is 0 Å². The van der Waals surface area contributed by atoms with Gasteiger partial charge in [-0.1, -0.05) is 6.92 Å². The molecule has 0 aliphatic carbocycles. The lowest BCUT2D eigenvalue weighted by molar-refractivity contribution is 0.312. The lowest BCUT2D eigenvalue weighted by atomic mass is 10.2. The van der Waals surface area contributed by atoms with Gasteiger partial charge < -0.3 is 9.64 Å². The van der Waals surface area contributed by atoms with E-state index in [9.17, 15) is 0 Å². The molecule has 1 aromatic rings. The number of nitrogen functional groups attached to an aromatic ring is 1. The molecule has 2 rings (SSSR count). The Morgan fingerprint density at radius 3 is 2.88 bits per heavy atom. The van der Waals surface area contributed by atoms with Crippen LogP contribution < -0.4 is 20.9 Å². The molecule has 0 radical (unpaired) electrons. The highest BCUT2D eigenvalue weighted by Gasteiger charge is 2.22. The molecule has 0 amide bonds. The molecule has 7 heteroatoms. The van der Waals surface area contributed by atoms with Gasteiger partial charge in [0.15, 0.2) is 0 Å². The summed E-state index contributed by atoms with van der Waals surface area (Å²) in [7, 11) is 0. The van der Waals surface area contributed by atoms with Gasteiger partial charge in [0.05, 0.1) is 6.61 Å². The summed E-state index contributed by atoms with van der Waals surface area (Å²) in [5.74, 6) is 6.95. The number of nitrogens with zero attached hydrogens (tertiary/aromatic N) is 4. The van der Waals surface area contributed by atoms with E-state index in [1.54, 1.807) is 0 Å². The summed E-state index contributed by atoms with van der Waals surface area (Å²) < 4.78 is 5.29. The number of hydrogen-bond donors (Lipinski definition) is 2. The van der Waals surface area contributed by atoms with Gasteiger partial charge in [0.1, 0.15) is 0 Å². The Bertz CT molecular complexity index is 385. The fourth-order valence-electron chi connectivity index (χ4n) is 1.86. The Labute approximate surface area is 100 Å². The predicted octanol–water partition coefficient (Wildman–Crippen LogP) is 0.402. The van der Waals surface area contributed by atoms with Crippen molar-refractivity contribution >= 4 is 11.9 Å². The molecule has 1 saturated heterocycles. The summed E-state index contributed by atoms with van der Waals surface area (Å²) in [5.41, 5.74) is 2.43. The van der Waals surface area contributed by atoms with E-state index in [0.29, 0.717) is 30.4 Å². The molecule has 1 unspecified atom stereocenters. The molecule has 1 fully saturated rings. The van der Waals surface area contributed by atoms with Crippen molar-refractivity contribution in [3.05, 3.63) is 0 Å². The third kappa shape index (κ3) is 2.73. The molecule has 1 atom stereocenters. The number of hydrazine groups is 1. The van der Waals surface area contributed by atoms with E-state index in [2.05, 4.69) is 32.2 Å². The van der Waals surface area contributed by atoms with Gasteiger partial charge in [-0.05, 0) is 19.3 Å². The van der Waals surface area contributed by atoms with Gasteiger partial charge in [0, 0.05) is 13.1 Å². The van der Waals surface area contributed by atoms with Crippen molar-refractivity contribution in [1.29, 1.82) is 0 Å². The maximum absolute atomic E-state index is 5.33. The zero-order valence-electron chi connectivity index (χ0n) is 10.2. The molecule has 0 bridgehead atoms. The maximum Gasteiger partial charge on any atom is 0.323 e. The summed E-state index contributed by atoms with van der Waals surface area (Å²) in [6.07, 6.45) is 1.15. The van der Waals surface area contributed by atoms with Gasteiger partial charge in [-0.2, -0.15) is 15.0 Å². The van der Waals surface area contributed by atoms with E-state index in [1.807, 2.05) is 6.92 Å². The average molecular weight is 238 g/mol. The van der Waals surface area contributed by atoms with Crippen molar-refractivity contribution in [3.8, 4) is 6.01 Å². The molecular formula is C10H18N6O. The number of rotatable bonds is 4. The number of aromatic nitrogens is 3. The van der Waals surface area contributed by atoms with E-state index in [0.717, 1.165) is 19.5 Å². The Balaban J connectivity index is 2.23. The van der Waals surface area contributed by atoms with Crippen LogP contribution in [0.2, 0.25) is 0 Å². The van der Waals surface area contributed by atoms with Crippen molar-refractivity contribution < 1.29 is 4.74 Å². The molecule has 3 N–H and O–H groups in total. The van der Waals surface area contributed by atoms with Gasteiger partial charge in [-0.3, -0.25) is 5.43 Å². The zero-order chi connectivity index (χ0) is 12.3. The first-order valence-electron chi connectivity index (χ1n) is 5.83. The van der Waals surface area contributed by atoms with Crippen molar-refractivity contribution in [2.75, 3.05) is 30.0 Å². The Hall–Kier alpha value is -1.63. The molecular weight excluding hydrogens is 220 g/mol. The van der Waals surface area contributed by atoms with Crippen LogP contribution in [0.5, 0.6) is 6.01 Å². The monoisotopic (exact) mass is 238 g/mol. The van der Waals surface area contributed by atoms with Crippen molar-refractivity contribution in [2.45, 2.75) is 20.3 Å². The average Bonchev–Trinajstić information content (AvgIpc) is 2.76. The first-order valence-corrected chi connectivity index (χ1v) is 5.83. The third-order valence-electron chi connectivity index (χ3n) is 2.71. The SMILES string of the molecule is CCOc1nc(NN)nc(N2CCC(C)C2)n1. The van der Waals surface area contributed by atoms with Crippen LogP contribution in [-0.4, -0.2) is 34.6 Å². The minimum atomic E-state index is 0.310. The lowest BCUT2D eigenvalue weighted by Crippen LogP contribution is -2.23. The summed E-state index contributed by atoms with van der Waals surface area (Å²) in [6, 6.07) is 0.310. The number of anilines is 2. The normalized spacial score (nSPS) is 19.5.